The largest absolute Gasteiger partial charge is 0.318 e. The smallest absolute Gasteiger partial charge is 0.248 e. The number of imidazole rings is 1. The summed E-state index contributed by atoms with van der Waals surface area (Å²) >= 11 is 3.13. The van der Waals surface area contributed by atoms with E-state index >= 15 is 0 Å². The number of carbonyl (C=O) groups is 1. The van der Waals surface area contributed by atoms with Gasteiger partial charge in [0, 0.05) is 15.8 Å². The van der Waals surface area contributed by atoms with Gasteiger partial charge in [-0.3, -0.25) is 4.79 Å². The molecule has 7 heteroatoms. The third kappa shape index (κ3) is 3.61. The Balaban J connectivity index is 1.50. The number of anilines is 1. The van der Waals surface area contributed by atoms with E-state index in [4.69, 9.17) is 0 Å². The van der Waals surface area contributed by atoms with E-state index in [9.17, 15) is 4.79 Å². The van der Waals surface area contributed by atoms with Crippen molar-refractivity contribution >= 4 is 45.2 Å². The molecule has 5 nitrogen and oxygen atoms in total. The first-order valence-electron chi connectivity index (χ1n) is 8.48. The predicted molar refractivity (Wildman–Crippen MR) is 112 cm³/mol. The molecule has 0 aliphatic carbocycles. The van der Waals surface area contributed by atoms with Gasteiger partial charge in [0.25, 0.3) is 0 Å². The lowest BCUT2D eigenvalue weighted by molar-refractivity contribution is -0.118. The molecule has 136 valence electrons. The van der Waals surface area contributed by atoms with Crippen LogP contribution in [-0.2, 0) is 4.79 Å². The van der Waals surface area contributed by atoms with Gasteiger partial charge in [0.05, 0.1) is 23.1 Å². The second kappa shape index (κ2) is 7.54. The second-order valence-corrected chi connectivity index (χ2v) is 7.81. The maximum absolute atomic E-state index is 12.7. The van der Waals surface area contributed by atoms with Gasteiger partial charge in [-0.2, -0.15) is 0 Å². The Kier molecular flexibility index (Phi) is 4.96. The molecule has 4 aromatic rings. The number of nitrogens with one attached hydrogen (secondary N) is 1. The van der Waals surface area contributed by atoms with Gasteiger partial charge in [-0.25, -0.2) is 9.97 Å². The molecule has 0 fully saturated rings. The Morgan fingerprint density at radius 2 is 1.96 bits per heavy atom. The number of hydrogen-bond donors (Lipinski definition) is 1. The first kappa shape index (κ1) is 17.8. The molecule has 0 spiro atoms. The number of nitrogens with zero attached hydrogens (tertiary/aromatic N) is 3. The molecular weight excluding hydrogens is 376 g/mol. The number of hydrogen-bond acceptors (Lipinski definition) is 5. The summed E-state index contributed by atoms with van der Waals surface area (Å²) in [5.74, 6) is -0.114. The van der Waals surface area contributed by atoms with E-state index in [-0.39, 0.29) is 11.9 Å². The number of thiazole rings is 1. The average molecular weight is 395 g/mol. The topological polar surface area (TPSA) is 59.8 Å². The van der Waals surface area contributed by atoms with Gasteiger partial charge in [-0.1, -0.05) is 24.3 Å². The van der Waals surface area contributed by atoms with Crippen LogP contribution in [0.4, 0.5) is 5.13 Å². The Bertz CT molecular complexity index is 1080. The number of amides is 1. The lowest BCUT2D eigenvalue weighted by Crippen LogP contribution is -2.23. The molecule has 2 aromatic carbocycles. The molecule has 1 N–H and O–H groups in total. The Morgan fingerprint density at radius 1 is 1.19 bits per heavy atom. The lowest BCUT2D eigenvalue weighted by Gasteiger charge is -2.13. The lowest BCUT2D eigenvalue weighted by atomic mass is 10.2. The van der Waals surface area contributed by atoms with Gasteiger partial charge in [0.1, 0.15) is 6.04 Å². The standard InChI is InChI=1S/C20H18N4OS2/c1-13(24-12-21-16-5-3-4-6-18(16)24)19(25)23-20-22-17(11-27-20)14-7-9-15(26-2)10-8-14/h3-13H,1-2H3,(H,22,23,25). The van der Waals surface area contributed by atoms with E-state index in [2.05, 4.69) is 33.7 Å². The number of carbonyl (C=O) groups excluding carboxylic acids is 1. The number of rotatable bonds is 5. The first-order valence-corrected chi connectivity index (χ1v) is 10.6. The summed E-state index contributed by atoms with van der Waals surface area (Å²) in [5, 5.41) is 5.48. The minimum absolute atomic E-state index is 0.114. The molecule has 2 heterocycles. The second-order valence-electron chi connectivity index (χ2n) is 6.07. The van der Waals surface area contributed by atoms with Crippen molar-refractivity contribution in [2.24, 2.45) is 0 Å². The highest BCUT2D eigenvalue weighted by atomic mass is 32.2. The molecule has 27 heavy (non-hydrogen) atoms. The summed E-state index contributed by atoms with van der Waals surface area (Å²) in [4.78, 5) is 22.8. The van der Waals surface area contributed by atoms with E-state index in [0.29, 0.717) is 5.13 Å². The van der Waals surface area contributed by atoms with E-state index in [0.717, 1.165) is 22.3 Å². The normalized spacial score (nSPS) is 12.2. The van der Waals surface area contributed by atoms with Crippen LogP contribution >= 0.6 is 23.1 Å². The van der Waals surface area contributed by atoms with Gasteiger partial charge in [0.15, 0.2) is 5.13 Å². The molecule has 4 rings (SSSR count). The van der Waals surface area contributed by atoms with Gasteiger partial charge < -0.3 is 9.88 Å². The van der Waals surface area contributed by atoms with Crippen molar-refractivity contribution in [3.05, 3.63) is 60.2 Å². The summed E-state index contributed by atoms with van der Waals surface area (Å²) < 4.78 is 1.88. The number of para-hydroxylation sites is 2. The SMILES string of the molecule is CSc1ccc(-c2csc(NC(=O)C(C)n3cnc4ccccc43)n2)cc1. The quantitative estimate of drug-likeness (QED) is 0.480. The number of fused-ring (bicyclic) bond motifs is 1. The number of thioether (sulfide) groups is 1. The molecule has 0 aliphatic rings. The van der Waals surface area contributed by atoms with E-state index < -0.39 is 0 Å². The number of aromatic nitrogens is 3. The molecular formula is C20H18N4OS2. The van der Waals surface area contributed by atoms with E-state index in [1.807, 2.05) is 53.3 Å². The van der Waals surface area contributed by atoms with Crippen LogP contribution in [0.2, 0.25) is 0 Å². The average Bonchev–Trinajstić information content (AvgIpc) is 3.34. The molecule has 0 saturated heterocycles. The molecule has 0 saturated carbocycles. The zero-order valence-corrected chi connectivity index (χ0v) is 16.6. The monoisotopic (exact) mass is 394 g/mol. The van der Waals surface area contributed by atoms with Crippen LogP contribution in [0.1, 0.15) is 13.0 Å². The molecule has 0 radical (unpaired) electrons. The summed E-state index contributed by atoms with van der Waals surface area (Å²) in [5.41, 5.74) is 3.72. The fraction of sp³-hybridized carbons (Fsp3) is 0.150. The fourth-order valence-electron chi connectivity index (χ4n) is 2.85. The summed E-state index contributed by atoms with van der Waals surface area (Å²) in [7, 11) is 0. The molecule has 1 amide bonds. The van der Waals surface area contributed by atoms with Crippen LogP contribution in [0, 0.1) is 0 Å². The van der Waals surface area contributed by atoms with Crippen LogP contribution in [-0.4, -0.2) is 26.7 Å². The highest BCUT2D eigenvalue weighted by Crippen LogP contribution is 2.27. The summed E-state index contributed by atoms with van der Waals surface area (Å²) in [6.07, 6.45) is 3.76. The Labute approximate surface area is 165 Å². The zero-order valence-electron chi connectivity index (χ0n) is 14.9. The highest BCUT2D eigenvalue weighted by Gasteiger charge is 2.18. The van der Waals surface area contributed by atoms with Crippen molar-refractivity contribution in [2.75, 3.05) is 11.6 Å². The van der Waals surface area contributed by atoms with Gasteiger partial charge in [-0.15, -0.1) is 23.1 Å². The molecule has 0 aliphatic heterocycles. The maximum Gasteiger partial charge on any atom is 0.248 e. The predicted octanol–water partition coefficient (Wildman–Crippen LogP) is 5.08. The van der Waals surface area contributed by atoms with Crippen molar-refractivity contribution in [1.29, 1.82) is 0 Å². The van der Waals surface area contributed by atoms with E-state index in [1.165, 1.54) is 16.2 Å². The minimum atomic E-state index is -0.384. The minimum Gasteiger partial charge on any atom is -0.318 e. The van der Waals surface area contributed by atoms with Crippen LogP contribution in [0.5, 0.6) is 0 Å². The maximum atomic E-state index is 12.7. The third-order valence-electron chi connectivity index (χ3n) is 4.40. The third-order valence-corrected chi connectivity index (χ3v) is 5.90. The van der Waals surface area contributed by atoms with Crippen LogP contribution in [0.15, 0.2) is 65.1 Å². The summed E-state index contributed by atoms with van der Waals surface area (Å²) in [6.45, 7) is 1.86. The molecule has 0 bridgehead atoms. The molecule has 2 aromatic heterocycles. The van der Waals surface area contributed by atoms with E-state index in [1.54, 1.807) is 18.1 Å². The number of benzene rings is 2. The van der Waals surface area contributed by atoms with Gasteiger partial charge in [0.2, 0.25) is 5.91 Å². The van der Waals surface area contributed by atoms with Crippen LogP contribution in [0.25, 0.3) is 22.3 Å². The summed E-state index contributed by atoms with van der Waals surface area (Å²) in [6, 6.07) is 15.6. The van der Waals surface area contributed by atoms with Crippen molar-refractivity contribution in [1.82, 2.24) is 14.5 Å². The van der Waals surface area contributed by atoms with Crippen molar-refractivity contribution in [2.45, 2.75) is 17.9 Å². The zero-order chi connectivity index (χ0) is 18.8. The van der Waals surface area contributed by atoms with Crippen molar-refractivity contribution in [3.63, 3.8) is 0 Å². The Morgan fingerprint density at radius 3 is 2.74 bits per heavy atom. The Hall–Kier alpha value is -2.64. The van der Waals surface area contributed by atoms with Crippen molar-refractivity contribution in [3.8, 4) is 11.3 Å². The van der Waals surface area contributed by atoms with Gasteiger partial charge in [-0.05, 0) is 37.4 Å². The highest BCUT2D eigenvalue weighted by molar-refractivity contribution is 7.98. The first-order chi connectivity index (χ1) is 13.2. The van der Waals surface area contributed by atoms with Crippen molar-refractivity contribution < 1.29 is 4.79 Å². The van der Waals surface area contributed by atoms with Crippen LogP contribution < -0.4 is 5.32 Å². The molecule has 1 atom stereocenters. The molecule has 1 unspecified atom stereocenters. The van der Waals surface area contributed by atoms with Gasteiger partial charge >= 0.3 is 0 Å². The van der Waals surface area contributed by atoms with Crippen LogP contribution in [0.3, 0.4) is 0 Å². The fourth-order valence-corrected chi connectivity index (χ4v) is 3.98.